The van der Waals surface area contributed by atoms with Crippen molar-refractivity contribution in [2.24, 2.45) is 5.73 Å². The molecule has 1 saturated carbocycles. The minimum Gasteiger partial charge on any atom is -0.321 e. The molecule has 3 heterocycles. The summed E-state index contributed by atoms with van der Waals surface area (Å²) < 4.78 is 1.68. The molecule has 2 aliphatic rings. The number of hydrogen-bond acceptors (Lipinski definition) is 5. The molecule has 0 aromatic carbocycles. The molecule has 1 aliphatic carbocycles. The maximum Gasteiger partial charge on any atom is 0.331 e. The van der Waals surface area contributed by atoms with E-state index in [1.807, 2.05) is 19.2 Å². The first-order chi connectivity index (χ1) is 11.0. The smallest absolute Gasteiger partial charge is 0.321 e. The van der Waals surface area contributed by atoms with Crippen LogP contribution in [0.25, 0.3) is 5.65 Å². The van der Waals surface area contributed by atoms with Crippen molar-refractivity contribution in [3.63, 3.8) is 0 Å². The van der Waals surface area contributed by atoms with Crippen LogP contribution in [0.2, 0.25) is 0 Å². The van der Waals surface area contributed by atoms with E-state index in [1.54, 1.807) is 4.52 Å². The molecule has 3 amide bonds. The molecule has 8 heteroatoms. The van der Waals surface area contributed by atoms with E-state index in [2.05, 4.69) is 10.1 Å². The number of carbonyl (C=O) groups is 2. The molecule has 2 N–H and O–H groups in total. The highest BCUT2D eigenvalue weighted by molar-refractivity contribution is 6.13. The third kappa shape index (κ3) is 2.17. The van der Waals surface area contributed by atoms with Crippen LogP contribution in [-0.4, -0.2) is 45.0 Å². The number of anilines is 1. The first-order valence-electron chi connectivity index (χ1n) is 7.69. The number of amides is 3. The minimum atomic E-state index is -0.338. The van der Waals surface area contributed by atoms with Gasteiger partial charge in [-0.3, -0.25) is 14.6 Å². The molecule has 1 unspecified atom stereocenters. The monoisotopic (exact) mass is 314 g/mol. The first-order valence-corrected chi connectivity index (χ1v) is 7.69. The molecule has 0 bridgehead atoms. The van der Waals surface area contributed by atoms with Gasteiger partial charge in [0.05, 0.1) is 11.7 Å². The molecule has 0 spiro atoms. The fourth-order valence-corrected chi connectivity index (χ4v) is 2.82. The topological polar surface area (TPSA) is 96.8 Å². The van der Waals surface area contributed by atoms with Crippen molar-refractivity contribution in [2.45, 2.75) is 31.7 Å². The van der Waals surface area contributed by atoms with Crippen LogP contribution < -0.4 is 10.6 Å². The SMILES string of the molecule is CC(N)c1nc2c(N3CC(=O)N(C)C3=O)cc(C3CC3)cn2n1. The summed E-state index contributed by atoms with van der Waals surface area (Å²) in [6.45, 7) is 1.84. The summed E-state index contributed by atoms with van der Waals surface area (Å²) in [5.74, 6) is 0.787. The average Bonchev–Trinajstić information content (AvgIpc) is 3.23. The van der Waals surface area contributed by atoms with Crippen molar-refractivity contribution in [1.82, 2.24) is 19.5 Å². The molecule has 1 atom stereocenters. The Balaban J connectivity index is 1.89. The molecule has 8 nitrogen and oxygen atoms in total. The maximum atomic E-state index is 12.3. The Labute approximate surface area is 132 Å². The highest BCUT2D eigenvalue weighted by Crippen LogP contribution is 2.42. The van der Waals surface area contributed by atoms with Crippen molar-refractivity contribution in [1.29, 1.82) is 0 Å². The fraction of sp³-hybridized carbons (Fsp3) is 0.467. The van der Waals surface area contributed by atoms with E-state index in [-0.39, 0.29) is 24.5 Å². The molecule has 120 valence electrons. The Hall–Kier alpha value is -2.48. The van der Waals surface area contributed by atoms with Gasteiger partial charge in [-0.15, -0.1) is 5.10 Å². The summed E-state index contributed by atoms with van der Waals surface area (Å²) in [5, 5.41) is 4.42. The molecule has 1 aliphatic heterocycles. The number of pyridine rings is 1. The van der Waals surface area contributed by atoms with Gasteiger partial charge in [0.1, 0.15) is 6.54 Å². The van der Waals surface area contributed by atoms with Gasteiger partial charge >= 0.3 is 6.03 Å². The Morgan fingerprint density at radius 1 is 1.35 bits per heavy atom. The number of carbonyl (C=O) groups excluding carboxylic acids is 2. The summed E-state index contributed by atoms with van der Waals surface area (Å²) in [5.41, 5.74) is 8.17. The third-order valence-corrected chi connectivity index (χ3v) is 4.38. The van der Waals surface area contributed by atoms with Gasteiger partial charge in [-0.05, 0) is 37.3 Å². The van der Waals surface area contributed by atoms with E-state index in [0.717, 1.165) is 23.3 Å². The Kier molecular flexibility index (Phi) is 2.92. The van der Waals surface area contributed by atoms with Crippen LogP contribution in [0.15, 0.2) is 12.3 Å². The van der Waals surface area contributed by atoms with Gasteiger partial charge in [0.25, 0.3) is 0 Å². The number of imide groups is 1. The largest absolute Gasteiger partial charge is 0.331 e. The maximum absolute atomic E-state index is 12.3. The molecule has 2 fully saturated rings. The summed E-state index contributed by atoms with van der Waals surface area (Å²) in [6.07, 6.45) is 4.21. The molecule has 1 saturated heterocycles. The Morgan fingerprint density at radius 3 is 2.65 bits per heavy atom. The van der Waals surface area contributed by atoms with E-state index in [4.69, 9.17) is 5.73 Å². The standard InChI is InChI=1S/C15H18N6O2/c1-8(16)13-17-14-11(20-7-12(22)19(2)15(20)23)5-10(9-3-4-9)6-21(14)18-13/h5-6,8-9H,3-4,7,16H2,1-2H3. The van der Waals surface area contributed by atoms with Crippen LogP contribution in [0, 0.1) is 0 Å². The van der Waals surface area contributed by atoms with Crippen molar-refractivity contribution in [2.75, 3.05) is 18.5 Å². The molecule has 23 heavy (non-hydrogen) atoms. The molecular formula is C15H18N6O2. The normalized spacial score (nSPS) is 20.0. The number of nitrogens with zero attached hydrogens (tertiary/aromatic N) is 5. The van der Waals surface area contributed by atoms with Crippen LogP contribution in [0.1, 0.15) is 43.1 Å². The second-order valence-electron chi connectivity index (χ2n) is 6.28. The number of nitrogens with two attached hydrogens (primary N) is 1. The first kappa shape index (κ1) is 14.1. The van der Waals surface area contributed by atoms with E-state index < -0.39 is 0 Å². The second-order valence-corrected chi connectivity index (χ2v) is 6.28. The number of hydrogen-bond donors (Lipinski definition) is 1. The third-order valence-electron chi connectivity index (χ3n) is 4.38. The zero-order valence-corrected chi connectivity index (χ0v) is 13.1. The van der Waals surface area contributed by atoms with E-state index in [9.17, 15) is 9.59 Å². The number of urea groups is 1. The molecule has 0 radical (unpaired) electrons. The van der Waals surface area contributed by atoms with Gasteiger partial charge < -0.3 is 5.73 Å². The zero-order chi connectivity index (χ0) is 16.3. The quantitative estimate of drug-likeness (QED) is 0.853. The summed E-state index contributed by atoms with van der Waals surface area (Å²) >= 11 is 0. The molecular weight excluding hydrogens is 296 g/mol. The predicted octanol–water partition coefficient (Wildman–Crippen LogP) is 1.02. The van der Waals surface area contributed by atoms with Crippen LogP contribution >= 0.6 is 0 Å². The van der Waals surface area contributed by atoms with Gasteiger partial charge in [-0.25, -0.2) is 14.3 Å². The fourth-order valence-electron chi connectivity index (χ4n) is 2.82. The van der Waals surface area contributed by atoms with E-state index >= 15 is 0 Å². The van der Waals surface area contributed by atoms with Crippen LogP contribution in [0.5, 0.6) is 0 Å². The average molecular weight is 314 g/mol. The second kappa shape index (κ2) is 4.76. The summed E-state index contributed by atoms with van der Waals surface area (Å²) in [4.78, 5) is 31.3. The summed E-state index contributed by atoms with van der Waals surface area (Å²) in [6, 6.07) is 1.32. The van der Waals surface area contributed by atoms with Gasteiger partial charge in [0.2, 0.25) is 5.91 Å². The van der Waals surface area contributed by atoms with Gasteiger partial charge in [0, 0.05) is 13.2 Å². The zero-order valence-electron chi connectivity index (χ0n) is 13.1. The molecule has 2 aromatic heterocycles. The Bertz CT molecular complexity index is 823. The van der Waals surface area contributed by atoms with E-state index in [0.29, 0.717) is 23.1 Å². The van der Waals surface area contributed by atoms with Crippen molar-refractivity contribution < 1.29 is 9.59 Å². The van der Waals surface area contributed by atoms with Crippen molar-refractivity contribution in [3.05, 3.63) is 23.7 Å². The number of fused-ring (bicyclic) bond motifs is 1. The van der Waals surface area contributed by atoms with Crippen molar-refractivity contribution >= 4 is 23.3 Å². The lowest BCUT2D eigenvalue weighted by Gasteiger charge is -2.16. The van der Waals surface area contributed by atoms with Crippen molar-refractivity contribution in [3.8, 4) is 0 Å². The lowest BCUT2D eigenvalue weighted by molar-refractivity contribution is -0.123. The Morgan fingerprint density at radius 2 is 2.09 bits per heavy atom. The van der Waals surface area contributed by atoms with Gasteiger partial charge in [0.15, 0.2) is 11.5 Å². The highest BCUT2D eigenvalue weighted by Gasteiger charge is 2.36. The minimum absolute atomic E-state index is 0.0273. The highest BCUT2D eigenvalue weighted by atomic mass is 16.2. The molecule has 4 rings (SSSR count). The van der Waals surface area contributed by atoms with Gasteiger partial charge in [-0.1, -0.05) is 0 Å². The summed E-state index contributed by atoms with van der Waals surface area (Å²) in [7, 11) is 1.49. The predicted molar refractivity (Wildman–Crippen MR) is 83.1 cm³/mol. The van der Waals surface area contributed by atoms with Crippen LogP contribution in [0.3, 0.4) is 0 Å². The number of aromatic nitrogens is 3. The molecule has 2 aromatic rings. The lowest BCUT2D eigenvalue weighted by atomic mass is 10.1. The lowest BCUT2D eigenvalue weighted by Crippen LogP contribution is -2.30. The number of likely N-dealkylation sites (N-methyl/N-ethyl adjacent to an activating group) is 1. The van der Waals surface area contributed by atoms with Crippen LogP contribution in [-0.2, 0) is 4.79 Å². The van der Waals surface area contributed by atoms with Crippen LogP contribution in [0.4, 0.5) is 10.5 Å². The number of rotatable bonds is 3. The van der Waals surface area contributed by atoms with E-state index in [1.165, 1.54) is 11.9 Å². The van der Waals surface area contributed by atoms with Gasteiger partial charge in [-0.2, -0.15) is 0 Å².